The van der Waals surface area contributed by atoms with Crippen molar-refractivity contribution in [3.8, 4) is 52.0 Å². The van der Waals surface area contributed by atoms with E-state index >= 15 is 0 Å². The molecule has 0 aromatic carbocycles. The molecule has 0 unspecified atom stereocenters. The number of fused-ring (bicyclic) bond motifs is 3. The number of likely N-dealkylation sites (tertiary alicyclic amines) is 6. The minimum Gasteiger partial charge on any atom is -0.481 e. The molecular formula is C96H99F12N27O15. The number of nitrogens with zero attached hydrogens (tertiary/aromatic N) is 24. The largest absolute Gasteiger partial charge is 0.481 e. The number of alkyl halides is 9. The molecular weight excluding hydrogens is 2000 g/mol. The Hall–Kier alpha value is -16.6. The molecule has 0 bridgehead atoms. The van der Waals surface area contributed by atoms with Gasteiger partial charge in [0.2, 0.25) is 0 Å². The number of nitriles is 3. The van der Waals surface area contributed by atoms with E-state index in [9.17, 15) is 97.2 Å². The van der Waals surface area contributed by atoms with Gasteiger partial charge < -0.3 is 45.0 Å². The lowest BCUT2D eigenvalue weighted by atomic mass is 9.83. The highest BCUT2D eigenvalue weighted by Gasteiger charge is 2.53. The van der Waals surface area contributed by atoms with E-state index in [2.05, 4.69) is 108 Å². The van der Waals surface area contributed by atoms with E-state index in [0.29, 0.717) is 97.1 Å². The molecule has 0 radical (unpaired) electrons. The van der Waals surface area contributed by atoms with Crippen LogP contribution in [-0.2, 0) is 78.3 Å². The van der Waals surface area contributed by atoms with Gasteiger partial charge in [0.25, 0.3) is 17.7 Å². The minimum absolute atomic E-state index is 0.111. The van der Waals surface area contributed by atoms with E-state index in [-0.39, 0.29) is 95.1 Å². The molecule has 0 atom stereocenters. The Bertz CT molecular complexity index is 6240. The van der Waals surface area contributed by atoms with Crippen LogP contribution in [-0.4, -0.2) is 285 Å². The van der Waals surface area contributed by atoms with Crippen LogP contribution >= 0.6 is 0 Å². The molecule has 12 aromatic rings. The number of aromatic nitrogens is 18. The Morgan fingerprint density at radius 1 is 0.380 bits per heavy atom. The fourth-order valence-corrected chi connectivity index (χ4v) is 18.0. The van der Waals surface area contributed by atoms with E-state index in [0.717, 1.165) is 142 Å². The molecule has 42 nitrogen and oxygen atoms in total. The van der Waals surface area contributed by atoms with Gasteiger partial charge in [0.05, 0.1) is 89.8 Å². The molecule has 0 spiro atoms. The Morgan fingerprint density at radius 2 is 0.613 bits per heavy atom. The number of halogens is 12. The highest BCUT2D eigenvalue weighted by atomic mass is 19.4. The number of H-pyrrole nitrogens is 3. The van der Waals surface area contributed by atoms with Crippen molar-refractivity contribution in [3.63, 3.8) is 0 Å². The number of unbranched alkanes of at least 4 members (excludes halogenated alkanes) is 3. The van der Waals surface area contributed by atoms with E-state index in [4.69, 9.17) is 44.1 Å². The quantitative estimate of drug-likeness (QED) is 0.0306. The molecule has 18 rings (SSSR count). The van der Waals surface area contributed by atoms with Crippen molar-refractivity contribution in [2.75, 3.05) is 78.5 Å². The topological polar surface area (TPSA) is 573 Å². The zero-order chi connectivity index (χ0) is 109. The predicted molar refractivity (Wildman–Crippen MR) is 496 cm³/mol. The fourth-order valence-electron chi connectivity index (χ4n) is 18.0. The van der Waals surface area contributed by atoms with Gasteiger partial charge in [0.1, 0.15) is 52.5 Å². The number of carboxylic acid groups (broad SMARTS) is 3. The molecule has 6 aliphatic heterocycles. The molecule has 3 amide bonds. The summed E-state index contributed by atoms with van der Waals surface area (Å²) in [6, 6.07) is 15.8. The third kappa shape index (κ3) is 28.4. The zero-order valence-corrected chi connectivity index (χ0v) is 80.6. The second-order valence-electron chi connectivity index (χ2n) is 35.2. The lowest BCUT2D eigenvalue weighted by molar-refractivity contribution is -0.193. The number of carbonyl (C=O) groups is 6. The van der Waals surface area contributed by atoms with Crippen molar-refractivity contribution < 1.29 is 126 Å². The van der Waals surface area contributed by atoms with Crippen LogP contribution in [0.25, 0.3) is 66.9 Å². The molecule has 792 valence electrons. The van der Waals surface area contributed by atoms with E-state index in [1.165, 1.54) is 33.7 Å². The van der Waals surface area contributed by atoms with Crippen LogP contribution in [0.1, 0.15) is 185 Å². The van der Waals surface area contributed by atoms with Crippen LogP contribution in [0.3, 0.4) is 0 Å². The van der Waals surface area contributed by atoms with E-state index in [1.807, 2.05) is 71.6 Å². The van der Waals surface area contributed by atoms with Crippen LogP contribution in [0.4, 0.5) is 52.7 Å². The summed E-state index contributed by atoms with van der Waals surface area (Å²) >= 11 is 0. The highest BCUT2D eigenvalue weighted by molar-refractivity contribution is 5.97. The van der Waals surface area contributed by atoms with Crippen LogP contribution in [0.5, 0.6) is 0 Å². The van der Waals surface area contributed by atoms with Gasteiger partial charge in [-0.15, -0.1) is 0 Å². The molecule has 12 aromatic heterocycles. The first-order valence-electron chi connectivity index (χ1n) is 46.7. The van der Waals surface area contributed by atoms with Crippen molar-refractivity contribution in [2.45, 2.75) is 190 Å². The van der Waals surface area contributed by atoms with Gasteiger partial charge >= 0.3 is 54.9 Å². The molecule has 0 saturated carbocycles. The average molecular weight is 2100 g/mol. The summed E-state index contributed by atoms with van der Waals surface area (Å²) in [6.07, 6.45) is 19.3. The lowest BCUT2D eigenvalue weighted by Gasteiger charge is -2.53. The SMILES string of the molecule is CCCCC(=O)O.CCCCC(=O)O.CCCCC(=O)O.N#CCC1(n2cc(-c3ncnc4[nH]ccc34)cn2)CN(C2CCN(C(=O)c3ccnc(C(F)(F)F)c3F)CC2)C1.N#CCC1(n2cc(-c3ncnc4[nH]ccc34)cn2)CN(C2CCN(C(=O)c3ccnc(C(F)(F)F)c3F)CC2)C1.N#CCC1(n2cc(-c3ncnc4[nH]ccc34)cn2)CN(C2CCN(C(=O)c3ccnc(C(F)(F)F)c3F)CC2)C1.O=C=O.O=C=O.O=C=O. The molecule has 6 N–H and O–H groups in total. The Kier molecular flexibility index (Phi) is 40.5. The van der Waals surface area contributed by atoms with Crippen molar-refractivity contribution in [3.05, 3.63) is 181 Å². The first-order valence-corrected chi connectivity index (χ1v) is 46.7. The standard InChI is InChI=1S/3C26H23F4N9O.3C5H10O2.3CO2/c3*27-20-18(1-7-32-22(20)26(28,29)30)24(40)37-9-3-17(4-10-37)38-13-25(14-38,5-6-31)39-12-16(11-36-39)21-19-2-8-33-23(19)35-15-34-21;3*1-2-3-4-5(6)7;3*2-1-3/h3*1-2,7-8,11-12,15,17H,3-5,9-10,13-14H2,(H,33,34,35);3*2-4H2,1H3,(H,6,7);;;. The molecule has 54 heteroatoms. The summed E-state index contributed by atoms with van der Waals surface area (Å²) in [6.45, 7) is 11.1. The Balaban J connectivity index is 0.000000201. The van der Waals surface area contributed by atoms with Gasteiger partial charge in [-0.25, -0.2) is 58.0 Å². The summed E-state index contributed by atoms with van der Waals surface area (Å²) in [5, 5.41) is 69.2. The second-order valence-corrected chi connectivity index (χ2v) is 35.2. The van der Waals surface area contributed by atoms with Crippen molar-refractivity contribution in [1.82, 2.24) is 119 Å². The monoisotopic (exact) mass is 2100 g/mol. The van der Waals surface area contributed by atoms with Crippen LogP contribution in [0, 0.1) is 51.4 Å². The minimum atomic E-state index is -4.99. The van der Waals surface area contributed by atoms with Crippen molar-refractivity contribution in [2.24, 2.45) is 0 Å². The summed E-state index contributed by atoms with van der Waals surface area (Å²) in [5.74, 6) is -9.37. The average Bonchev–Trinajstić information content (AvgIpc) is 1.52. The molecule has 6 saturated heterocycles. The van der Waals surface area contributed by atoms with Gasteiger partial charge in [-0.1, -0.05) is 40.0 Å². The van der Waals surface area contributed by atoms with Gasteiger partial charge in [-0.3, -0.25) is 57.5 Å². The molecule has 150 heavy (non-hydrogen) atoms. The maximum absolute atomic E-state index is 14.5. The third-order valence-electron chi connectivity index (χ3n) is 25.5. The number of piperidine rings is 3. The Labute approximate surface area is 844 Å². The zero-order valence-electron chi connectivity index (χ0n) is 80.6. The maximum atomic E-state index is 14.5. The lowest BCUT2D eigenvalue weighted by Crippen LogP contribution is -2.66. The molecule has 6 fully saturated rings. The van der Waals surface area contributed by atoms with E-state index < -0.39 is 122 Å². The Morgan fingerprint density at radius 3 is 0.813 bits per heavy atom. The third-order valence-corrected chi connectivity index (χ3v) is 25.5. The molecule has 18 heterocycles. The first-order chi connectivity index (χ1) is 71.6. The van der Waals surface area contributed by atoms with Gasteiger partial charge in [0.15, 0.2) is 34.5 Å². The number of hydrogen-bond donors (Lipinski definition) is 6. The number of hydrogen-bond acceptors (Lipinski definition) is 30. The number of aliphatic carboxylic acids is 3. The van der Waals surface area contributed by atoms with Crippen molar-refractivity contribution >= 4 is 87.2 Å². The maximum Gasteiger partial charge on any atom is 0.436 e. The predicted octanol–water partition coefficient (Wildman–Crippen LogP) is 12.8. The fraction of sp³-hybridized carbons (Fsp3) is 0.438. The number of pyridine rings is 3. The van der Waals surface area contributed by atoms with Crippen LogP contribution in [0.15, 0.2) is 130 Å². The summed E-state index contributed by atoms with van der Waals surface area (Å²) in [7, 11) is 0. The number of amides is 3. The smallest absolute Gasteiger partial charge is 0.436 e. The van der Waals surface area contributed by atoms with Gasteiger partial charge in [-0.2, -0.15) is 99.4 Å². The number of carboxylic acids is 3. The van der Waals surface area contributed by atoms with Crippen molar-refractivity contribution in [1.29, 1.82) is 15.8 Å². The first kappa shape index (κ1) is 115. The number of aromatic amines is 3. The van der Waals surface area contributed by atoms with Gasteiger partial charge in [0, 0.05) is 205 Å². The van der Waals surface area contributed by atoms with E-state index in [1.54, 1.807) is 37.2 Å². The summed E-state index contributed by atoms with van der Waals surface area (Å²) in [4.78, 5) is 172. The molecule has 0 aliphatic carbocycles. The van der Waals surface area contributed by atoms with Crippen LogP contribution in [0.2, 0.25) is 0 Å². The second kappa shape index (κ2) is 52.6. The van der Waals surface area contributed by atoms with Crippen LogP contribution < -0.4 is 0 Å². The summed E-state index contributed by atoms with van der Waals surface area (Å²) in [5.41, 5.74) is -1.70. The summed E-state index contributed by atoms with van der Waals surface area (Å²) < 4.78 is 166. The number of carbonyl (C=O) groups excluding carboxylic acids is 9. The normalized spacial score (nSPS) is 15.8. The number of rotatable bonds is 24. The number of nitrogens with one attached hydrogen (secondary N) is 3. The molecule has 6 aliphatic rings. The highest BCUT2D eigenvalue weighted by Crippen LogP contribution is 2.44. The van der Waals surface area contributed by atoms with Gasteiger partial charge in [-0.05, 0) is 94.2 Å².